The summed E-state index contributed by atoms with van der Waals surface area (Å²) in [6.45, 7) is 5.03. The Kier molecular flexibility index (Phi) is 83.8. The first-order valence-electron chi connectivity index (χ1n) is 44.4. The second-order valence-electron chi connectivity index (χ2n) is 30.9. The molecular weight excluding hydrogens is 1160 g/mol. The molecular formula is C89H175NO5. The molecule has 0 aliphatic heterocycles. The van der Waals surface area contributed by atoms with Crippen LogP contribution in [0.5, 0.6) is 0 Å². The lowest BCUT2D eigenvalue weighted by Crippen LogP contribution is -2.45. The van der Waals surface area contributed by atoms with Crippen LogP contribution in [0.1, 0.15) is 521 Å². The van der Waals surface area contributed by atoms with Crippen LogP contribution in [0.4, 0.5) is 0 Å². The lowest BCUT2D eigenvalue weighted by Gasteiger charge is -2.22. The number of amides is 1. The number of hydrogen-bond acceptors (Lipinski definition) is 5. The number of unbranched alkanes of at least 4 members (excludes halogenated alkanes) is 72. The molecule has 6 nitrogen and oxygen atoms in total. The number of carbonyl (C=O) groups excluding carboxylic acids is 2. The molecule has 0 rings (SSSR count). The van der Waals surface area contributed by atoms with Crippen LogP contribution in [0.3, 0.4) is 0 Å². The third kappa shape index (κ3) is 81.5. The SMILES string of the molecule is CCCCCCCCCCCCCCCCCCCCCCCCCCC(O)C(CO)NC(=O)CCCCCCCCCCCCCCCCCCC/C=C\CCCCCCCCCCCCCCCCCCCCOC(=O)CCCCCCCCCCCCCCCCC. The first kappa shape index (κ1) is 93.6. The second kappa shape index (κ2) is 85.0. The van der Waals surface area contributed by atoms with Gasteiger partial charge in [0.1, 0.15) is 0 Å². The van der Waals surface area contributed by atoms with Gasteiger partial charge in [-0.1, -0.05) is 469 Å². The van der Waals surface area contributed by atoms with Crippen LogP contribution in [0, 0.1) is 0 Å². The van der Waals surface area contributed by atoms with Gasteiger partial charge >= 0.3 is 5.97 Å². The molecule has 0 fully saturated rings. The molecule has 0 aromatic heterocycles. The van der Waals surface area contributed by atoms with Gasteiger partial charge in [-0.2, -0.15) is 0 Å². The number of aliphatic hydroxyl groups excluding tert-OH is 2. The molecule has 3 N–H and O–H groups in total. The van der Waals surface area contributed by atoms with Gasteiger partial charge in [0.05, 0.1) is 25.4 Å². The summed E-state index contributed by atoms with van der Waals surface area (Å²) in [7, 11) is 0. The molecule has 0 aromatic carbocycles. The number of nitrogens with one attached hydrogen (secondary N) is 1. The molecule has 0 spiro atoms. The maximum atomic E-state index is 12.6. The van der Waals surface area contributed by atoms with Crippen molar-refractivity contribution in [3.63, 3.8) is 0 Å². The summed E-state index contributed by atoms with van der Waals surface area (Å²) in [5.74, 6) is 0.00301. The number of esters is 1. The first-order chi connectivity index (χ1) is 47.0. The van der Waals surface area contributed by atoms with Gasteiger partial charge in [0.2, 0.25) is 5.91 Å². The molecule has 0 heterocycles. The van der Waals surface area contributed by atoms with Crippen molar-refractivity contribution in [1.82, 2.24) is 5.32 Å². The summed E-state index contributed by atoms with van der Waals surface area (Å²) in [5, 5.41) is 23.5. The lowest BCUT2D eigenvalue weighted by molar-refractivity contribution is -0.143. The highest BCUT2D eigenvalue weighted by Gasteiger charge is 2.20. The molecule has 95 heavy (non-hydrogen) atoms. The molecule has 0 aliphatic rings. The van der Waals surface area contributed by atoms with Crippen molar-refractivity contribution in [3.8, 4) is 0 Å². The zero-order valence-corrected chi connectivity index (χ0v) is 65.2. The Balaban J connectivity index is 3.32. The van der Waals surface area contributed by atoms with Crippen LogP contribution in [0.15, 0.2) is 12.2 Å². The van der Waals surface area contributed by atoms with Gasteiger partial charge in [-0.25, -0.2) is 0 Å². The van der Waals surface area contributed by atoms with Gasteiger partial charge in [-0.15, -0.1) is 0 Å². The van der Waals surface area contributed by atoms with Gasteiger partial charge in [0, 0.05) is 12.8 Å². The predicted molar refractivity (Wildman–Crippen MR) is 421 cm³/mol. The first-order valence-corrected chi connectivity index (χ1v) is 44.4. The molecule has 566 valence electrons. The third-order valence-corrected chi connectivity index (χ3v) is 21.3. The van der Waals surface area contributed by atoms with E-state index in [-0.39, 0.29) is 18.5 Å². The van der Waals surface area contributed by atoms with E-state index in [0.717, 1.165) is 38.5 Å². The maximum absolute atomic E-state index is 12.6. The molecule has 0 aliphatic carbocycles. The van der Waals surface area contributed by atoms with Crippen LogP contribution in [-0.2, 0) is 14.3 Å². The van der Waals surface area contributed by atoms with Crippen molar-refractivity contribution in [2.45, 2.75) is 533 Å². The van der Waals surface area contributed by atoms with Crippen molar-refractivity contribution in [2.24, 2.45) is 0 Å². The molecule has 2 atom stereocenters. The molecule has 0 bridgehead atoms. The standard InChI is InChI=1S/C89H175NO5/c1-3-5-7-9-11-13-15-17-19-20-21-22-23-41-44-47-50-54-57-61-65-69-73-77-81-87(92)86(85-91)90-88(93)82-78-74-70-66-62-58-55-51-48-45-42-39-37-35-33-31-29-27-25-24-26-28-30-32-34-36-38-40-43-46-49-52-56-60-64-68-72-76-80-84-95-89(94)83-79-75-71-67-63-59-53-18-16-14-12-10-8-6-4-2/h24-25,86-87,91-92H,3-23,26-85H2,1-2H3,(H,90,93)/b25-24-. The average Bonchev–Trinajstić information content (AvgIpc) is 3.06. The number of rotatable bonds is 85. The Morgan fingerprint density at radius 1 is 0.284 bits per heavy atom. The van der Waals surface area contributed by atoms with Gasteiger partial charge in [-0.3, -0.25) is 9.59 Å². The van der Waals surface area contributed by atoms with Gasteiger partial charge in [-0.05, 0) is 51.4 Å². The minimum atomic E-state index is -0.662. The van der Waals surface area contributed by atoms with E-state index in [4.69, 9.17) is 4.74 Å². The Hall–Kier alpha value is -1.40. The fourth-order valence-electron chi connectivity index (χ4n) is 14.6. The molecule has 2 unspecified atom stereocenters. The largest absolute Gasteiger partial charge is 0.466 e. The van der Waals surface area contributed by atoms with E-state index < -0.39 is 12.1 Å². The zero-order chi connectivity index (χ0) is 68.4. The highest BCUT2D eigenvalue weighted by molar-refractivity contribution is 5.76. The second-order valence-corrected chi connectivity index (χ2v) is 30.9. The van der Waals surface area contributed by atoms with E-state index in [2.05, 4.69) is 31.3 Å². The number of ether oxygens (including phenoxy) is 1. The summed E-state index contributed by atoms with van der Waals surface area (Å²) >= 11 is 0. The average molecular weight is 1340 g/mol. The van der Waals surface area contributed by atoms with E-state index in [1.54, 1.807) is 0 Å². The highest BCUT2D eigenvalue weighted by Crippen LogP contribution is 2.21. The van der Waals surface area contributed by atoms with Crippen LogP contribution in [0.2, 0.25) is 0 Å². The zero-order valence-electron chi connectivity index (χ0n) is 65.2. The van der Waals surface area contributed by atoms with Crippen molar-refractivity contribution in [1.29, 1.82) is 0 Å². The summed E-state index contributed by atoms with van der Waals surface area (Å²) in [5.41, 5.74) is 0. The summed E-state index contributed by atoms with van der Waals surface area (Å²) in [4.78, 5) is 24.7. The normalized spacial score (nSPS) is 12.4. The third-order valence-electron chi connectivity index (χ3n) is 21.3. The van der Waals surface area contributed by atoms with Crippen LogP contribution >= 0.6 is 0 Å². The maximum Gasteiger partial charge on any atom is 0.305 e. The van der Waals surface area contributed by atoms with Crippen molar-refractivity contribution in [3.05, 3.63) is 12.2 Å². The monoisotopic (exact) mass is 1340 g/mol. The molecule has 1 amide bonds. The molecule has 6 heteroatoms. The number of allylic oxidation sites excluding steroid dienone is 2. The van der Waals surface area contributed by atoms with E-state index >= 15 is 0 Å². The quantitative estimate of drug-likeness (QED) is 0.0320. The number of aliphatic hydroxyl groups is 2. The predicted octanol–water partition coefficient (Wildman–Crippen LogP) is 29.8. The van der Waals surface area contributed by atoms with Crippen LogP contribution < -0.4 is 5.32 Å². The molecule has 0 saturated carbocycles. The van der Waals surface area contributed by atoms with Gasteiger partial charge < -0.3 is 20.3 Å². The summed E-state index contributed by atoms with van der Waals surface area (Å²) < 4.78 is 5.51. The minimum Gasteiger partial charge on any atom is -0.466 e. The van der Waals surface area contributed by atoms with E-state index in [1.165, 1.54) is 449 Å². The molecule has 0 radical (unpaired) electrons. The van der Waals surface area contributed by atoms with Crippen molar-refractivity contribution >= 4 is 11.9 Å². The Morgan fingerprint density at radius 2 is 0.495 bits per heavy atom. The van der Waals surface area contributed by atoms with E-state index in [0.29, 0.717) is 25.9 Å². The molecule has 0 saturated heterocycles. The summed E-state index contributed by atoms with van der Waals surface area (Å²) in [6.07, 6.45) is 109. The number of carbonyl (C=O) groups is 2. The van der Waals surface area contributed by atoms with Crippen molar-refractivity contribution in [2.75, 3.05) is 13.2 Å². The Labute approximate surface area is 597 Å². The fraction of sp³-hybridized carbons (Fsp3) is 0.955. The molecule has 0 aromatic rings. The highest BCUT2D eigenvalue weighted by atomic mass is 16.5. The van der Waals surface area contributed by atoms with Crippen LogP contribution in [0.25, 0.3) is 0 Å². The van der Waals surface area contributed by atoms with E-state index in [1.807, 2.05) is 0 Å². The summed E-state index contributed by atoms with van der Waals surface area (Å²) in [6, 6.07) is -0.539. The smallest absolute Gasteiger partial charge is 0.305 e. The minimum absolute atomic E-state index is 0.0238. The van der Waals surface area contributed by atoms with Gasteiger partial charge in [0.25, 0.3) is 0 Å². The van der Waals surface area contributed by atoms with Crippen LogP contribution in [-0.4, -0.2) is 47.4 Å². The van der Waals surface area contributed by atoms with E-state index in [9.17, 15) is 19.8 Å². The Bertz CT molecular complexity index is 1450. The Morgan fingerprint density at radius 3 is 0.747 bits per heavy atom. The van der Waals surface area contributed by atoms with Gasteiger partial charge in [0.15, 0.2) is 0 Å². The topological polar surface area (TPSA) is 95.9 Å². The number of hydrogen-bond donors (Lipinski definition) is 3. The lowest BCUT2D eigenvalue weighted by atomic mass is 10.0. The van der Waals surface area contributed by atoms with Crippen molar-refractivity contribution < 1.29 is 24.5 Å². The fourth-order valence-corrected chi connectivity index (χ4v) is 14.6.